The molecule has 4 rings (SSSR count). The van der Waals surface area contributed by atoms with E-state index in [-0.39, 0.29) is 30.3 Å². The zero-order valence-electron chi connectivity index (χ0n) is 23.0. The highest BCUT2D eigenvalue weighted by atomic mass is 32.3. The maximum atomic E-state index is 13.9. The number of hydrogen-bond acceptors (Lipinski definition) is 7. The van der Waals surface area contributed by atoms with Gasteiger partial charge in [0.25, 0.3) is 5.91 Å². The lowest BCUT2D eigenvalue weighted by molar-refractivity contribution is 0.0821. The predicted molar refractivity (Wildman–Crippen MR) is 157 cm³/mol. The number of nitrogens with zero attached hydrogens (tertiary/aromatic N) is 1. The molecule has 40 heavy (non-hydrogen) atoms. The van der Waals surface area contributed by atoms with E-state index in [1.165, 1.54) is 18.6 Å². The number of hydrogen-bond donors (Lipinski definition) is 6. The van der Waals surface area contributed by atoms with Crippen molar-refractivity contribution in [3.63, 3.8) is 0 Å². The maximum absolute atomic E-state index is 13.9. The average Bonchev–Trinajstić information content (AvgIpc) is 2.91. The normalized spacial score (nSPS) is 20.0. The summed E-state index contributed by atoms with van der Waals surface area (Å²) in [5, 5.41) is 20.6. The third-order valence-electron chi connectivity index (χ3n) is 7.61. The van der Waals surface area contributed by atoms with E-state index in [4.69, 9.17) is 0 Å². The first-order valence-corrected chi connectivity index (χ1v) is 15.9. The van der Waals surface area contributed by atoms with Gasteiger partial charge in [0.15, 0.2) is 0 Å². The predicted octanol–water partition coefficient (Wildman–Crippen LogP) is 5.29. The van der Waals surface area contributed by atoms with Crippen LogP contribution in [0.25, 0.3) is 0 Å². The molecule has 6 N–H and O–H groups in total. The summed E-state index contributed by atoms with van der Waals surface area (Å²) in [6, 6.07) is 7.72. The van der Waals surface area contributed by atoms with Crippen LogP contribution in [-0.2, 0) is 6.42 Å². The molecule has 8 nitrogen and oxygen atoms in total. The number of carbonyl (C=O) groups excluding carboxylic acids is 1. The highest BCUT2D eigenvalue weighted by Gasteiger charge is 2.29. The summed E-state index contributed by atoms with van der Waals surface area (Å²) >= 11 is 0. The zero-order valence-corrected chi connectivity index (χ0v) is 23.9. The molecule has 1 heterocycles. The number of amides is 1. The Hall–Kier alpha value is -2.44. The molecule has 2 aliphatic rings. The number of anilines is 2. The van der Waals surface area contributed by atoms with E-state index < -0.39 is 40.5 Å². The monoisotopic (exact) mass is 580 g/mol. The summed E-state index contributed by atoms with van der Waals surface area (Å²) in [6.07, 6.45) is 6.03. The van der Waals surface area contributed by atoms with Gasteiger partial charge in [-0.05, 0) is 74.9 Å². The molecule has 1 amide bonds. The Morgan fingerprint density at radius 3 is 2.42 bits per heavy atom. The number of aliphatic hydroxyl groups excluding tert-OH is 1. The van der Waals surface area contributed by atoms with Crippen molar-refractivity contribution in [2.45, 2.75) is 76.5 Å². The van der Waals surface area contributed by atoms with Gasteiger partial charge in [0.05, 0.1) is 23.6 Å². The van der Waals surface area contributed by atoms with Crippen molar-refractivity contribution in [2.24, 2.45) is 0 Å². The third-order valence-corrected chi connectivity index (χ3v) is 9.55. The van der Waals surface area contributed by atoms with Gasteiger partial charge in [-0.25, -0.2) is 8.78 Å². The maximum Gasteiger partial charge on any atom is 0.251 e. The van der Waals surface area contributed by atoms with Crippen LogP contribution in [0, 0.1) is 11.6 Å². The largest absolute Gasteiger partial charge is 0.390 e. The van der Waals surface area contributed by atoms with Crippen molar-refractivity contribution in [2.75, 3.05) is 35.0 Å². The fourth-order valence-electron chi connectivity index (χ4n) is 5.55. The van der Waals surface area contributed by atoms with Gasteiger partial charge in [0, 0.05) is 43.0 Å². The Kier molecular flexibility index (Phi) is 10.6. The molecule has 0 unspecified atom stereocenters. The van der Waals surface area contributed by atoms with Gasteiger partial charge in [-0.1, -0.05) is 19.3 Å². The lowest BCUT2D eigenvalue weighted by atomic mass is 9.94. The third kappa shape index (κ3) is 8.29. The minimum atomic E-state index is -3.00. The zero-order chi connectivity index (χ0) is 28.7. The second-order valence-electron chi connectivity index (χ2n) is 10.8. The highest BCUT2D eigenvalue weighted by Crippen LogP contribution is 2.50. The Balaban J connectivity index is 1.57. The van der Waals surface area contributed by atoms with Crippen molar-refractivity contribution in [1.29, 1.82) is 0 Å². The van der Waals surface area contributed by atoms with Crippen LogP contribution >= 0.6 is 10.8 Å². The number of aliphatic hydroxyl groups is 1. The van der Waals surface area contributed by atoms with E-state index in [0.717, 1.165) is 38.2 Å². The summed E-state index contributed by atoms with van der Waals surface area (Å²) in [4.78, 5) is 13.6. The quantitative estimate of drug-likeness (QED) is 0.214. The first-order valence-electron chi connectivity index (χ1n) is 14.2. The van der Waals surface area contributed by atoms with Crippen molar-refractivity contribution < 1.29 is 27.8 Å². The summed E-state index contributed by atoms with van der Waals surface area (Å²) in [6.45, 7) is 3.20. The van der Waals surface area contributed by atoms with Gasteiger partial charge < -0.3 is 21.1 Å². The number of nitrogens with one attached hydrogen (secondary N) is 3. The van der Waals surface area contributed by atoms with Crippen LogP contribution in [0.2, 0.25) is 0 Å². The molecule has 222 valence electrons. The molecule has 2 atom stereocenters. The molecule has 0 spiro atoms. The molecule has 2 aromatic carbocycles. The minimum Gasteiger partial charge on any atom is -0.390 e. The summed E-state index contributed by atoms with van der Waals surface area (Å²) < 4.78 is 50.8. The standard InChI is InChI=1S/C29H42F2N4O4S/c1-2-32-25-15-21(16-26(18-25)35-10-6-7-11-40(35,38)39)29(37)34-27(14-20-12-22(30)17-23(31)13-20)28(36)19-33-24-8-4-3-5-9-24/h12-13,15-18,24,27-28,32-33,36,38-39H,2-11,14,19H2,1H3,(H,34,37)/t27-,28+/m0/s1. The van der Waals surface area contributed by atoms with Crippen molar-refractivity contribution in [3.8, 4) is 0 Å². The molecule has 0 aromatic heterocycles. The van der Waals surface area contributed by atoms with Crippen LogP contribution in [0.1, 0.15) is 67.8 Å². The van der Waals surface area contributed by atoms with E-state index in [9.17, 15) is 27.8 Å². The van der Waals surface area contributed by atoms with E-state index in [1.807, 2.05) is 6.92 Å². The van der Waals surface area contributed by atoms with Crippen molar-refractivity contribution in [3.05, 3.63) is 59.2 Å². The molecule has 0 radical (unpaired) electrons. The van der Waals surface area contributed by atoms with Gasteiger partial charge in [-0.2, -0.15) is 0 Å². The summed E-state index contributed by atoms with van der Waals surface area (Å²) in [5.74, 6) is -1.66. The Bertz CT molecular complexity index is 1130. The van der Waals surface area contributed by atoms with Gasteiger partial charge in [0.1, 0.15) is 11.6 Å². The summed E-state index contributed by atoms with van der Waals surface area (Å²) in [5.41, 5.74) is 1.77. The lowest BCUT2D eigenvalue weighted by Crippen LogP contribution is -2.50. The van der Waals surface area contributed by atoms with Gasteiger partial charge in [-0.15, -0.1) is 10.8 Å². The van der Waals surface area contributed by atoms with Crippen molar-refractivity contribution >= 4 is 28.1 Å². The molecule has 2 aromatic rings. The first kappa shape index (κ1) is 30.5. The Labute approximate surface area is 237 Å². The number of benzene rings is 2. The Morgan fingerprint density at radius 1 is 1.02 bits per heavy atom. The molecule has 1 aliphatic carbocycles. The van der Waals surface area contributed by atoms with Crippen LogP contribution in [0.5, 0.6) is 0 Å². The van der Waals surface area contributed by atoms with Crippen LogP contribution in [-0.4, -0.2) is 63.7 Å². The fourth-order valence-corrected chi connectivity index (χ4v) is 7.23. The second kappa shape index (κ2) is 14.0. The van der Waals surface area contributed by atoms with Crippen molar-refractivity contribution in [1.82, 2.24) is 10.6 Å². The van der Waals surface area contributed by atoms with E-state index in [2.05, 4.69) is 16.0 Å². The minimum absolute atomic E-state index is 0.0281. The van der Waals surface area contributed by atoms with E-state index in [1.54, 1.807) is 22.5 Å². The highest BCUT2D eigenvalue weighted by molar-refractivity contribution is 8.25. The number of rotatable bonds is 11. The molecular weight excluding hydrogens is 538 g/mol. The number of halogens is 2. The molecule has 2 fully saturated rings. The second-order valence-corrected chi connectivity index (χ2v) is 12.9. The molecule has 1 saturated carbocycles. The first-order chi connectivity index (χ1) is 19.1. The Morgan fingerprint density at radius 2 is 1.75 bits per heavy atom. The summed E-state index contributed by atoms with van der Waals surface area (Å²) in [7, 11) is -3.00. The van der Waals surface area contributed by atoms with Crippen LogP contribution in [0.3, 0.4) is 0 Å². The molecule has 11 heteroatoms. The van der Waals surface area contributed by atoms with Crippen LogP contribution < -0.4 is 20.3 Å². The smallest absolute Gasteiger partial charge is 0.251 e. The molecular formula is C29H42F2N4O4S. The van der Waals surface area contributed by atoms with Crippen LogP contribution in [0.4, 0.5) is 20.2 Å². The average molecular weight is 581 g/mol. The molecule has 1 aliphatic heterocycles. The molecule has 0 bridgehead atoms. The lowest BCUT2D eigenvalue weighted by Gasteiger charge is -2.47. The number of carbonyl (C=O) groups is 1. The SMILES string of the molecule is CCNc1cc(C(=O)N[C@@H](Cc2cc(F)cc(F)c2)[C@H](O)CNC2CCCCC2)cc(N2CCCCS2(O)O)c1. The van der Waals surface area contributed by atoms with Crippen LogP contribution in [0.15, 0.2) is 36.4 Å². The topological polar surface area (TPSA) is 117 Å². The van der Waals surface area contributed by atoms with E-state index >= 15 is 0 Å². The van der Waals surface area contributed by atoms with Gasteiger partial charge in [-0.3, -0.25) is 18.2 Å². The van der Waals surface area contributed by atoms with Gasteiger partial charge >= 0.3 is 0 Å². The van der Waals surface area contributed by atoms with E-state index in [0.29, 0.717) is 36.4 Å². The van der Waals surface area contributed by atoms with Gasteiger partial charge in [0.2, 0.25) is 0 Å². The molecule has 1 saturated heterocycles. The fraction of sp³-hybridized carbons (Fsp3) is 0.552.